The maximum absolute atomic E-state index is 13.0. The molecule has 7 heteroatoms. The summed E-state index contributed by atoms with van der Waals surface area (Å²) in [5.74, 6) is 1.31. The molecule has 1 aliphatic rings. The van der Waals surface area contributed by atoms with E-state index in [1.54, 1.807) is 12.3 Å². The fourth-order valence-corrected chi connectivity index (χ4v) is 3.14. The van der Waals surface area contributed by atoms with E-state index in [1.807, 2.05) is 53.0 Å². The first-order valence-corrected chi connectivity index (χ1v) is 8.25. The van der Waals surface area contributed by atoms with E-state index in [2.05, 4.69) is 15.5 Å². The minimum absolute atomic E-state index is 0.127. The number of hydrogen-bond acceptors (Lipinski definition) is 5. The maximum Gasteiger partial charge on any atom is 0.276 e. The molecule has 1 fully saturated rings. The van der Waals surface area contributed by atoms with Crippen molar-refractivity contribution in [2.24, 2.45) is 7.05 Å². The monoisotopic (exact) mass is 337 g/mol. The lowest BCUT2D eigenvalue weighted by molar-refractivity contribution is 0.0610. The highest BCUT2D eigenvalue weighted by molar-refractivity contribution is 5.93. The van der Waals surface area contributed by atoms with Crippen LogP contribution in [-0.4, -0.2) is 45.1 Å². The van der Waals surface area contributed by atoms with E-state index in [-0.39, 0.29) is 11.9 Å². The van der Waals surface area contributed by atoms with Crippen molar-refractivity contribution in [2.45, 2.75) is 6.04 Å². The van der Waals surface area contributed by atoms with Crippen molar-refractivity contribution in [3.63, 3.8) is 0 Å². The second-order valence-corrected chi connectivity index (χ2v) is 6.06. The molecular formula is C18H19N5O2. The summed E-state index contributed by atoms with van der Waals surface area (Å²) in [7, 11) is 1.93. The van der Waals surface area contributed by atoms with Gasteiger partial charge in [-0.25, -0.2) is 4.98 Å². The fraction of sp³-hybridized carbons (Fsp3) is 0.278. The van der Waals surface area contributed by atoms with Gasteiger partial charge in [0.05, 0.1) is 0 Å². The average Bonchev–Trinajstić information content (AvgIpc) is 3.31. The van der Waals surface area contributed by atoms with Gasteiger partial charge in [-0.05, 0) is 0 Å². The van der Waals surface area contributed by atoms with E-state index in [9.17, 15) is 4.79 Å². The van der Waals surface area contributed by atoms with Crippen molar-refractivity contribution in [3.8, 4) is 11.3 Å². The Balaban J connectivity index is 1.61. The van der Waals surface area contributed by atoms with Gasteiger partial charge in [-0.2, -0.15) is 0 Å². The normalized spacial score (nSPS) is 17.6. The van der Waals surface area contributed by atoms with Crippen molar-refractivity contribution < 1.29 is 9.32 Å². The van der Waals surface area contributed by atoms with Gasteiger partial charge in [0.25, 0.3) is 5.91 Å². The highest BCUT2D eigenvalue weighted by Crippen LogP contribution is 2.25. The molecule has 0 aliphatic carbocycles. The molecule has 3 heterocycles. The van der Waals surface area contributed by atoms with Crippen LogP contribution in [0.4, 0.5) is 0 Å². The van der Waals surface area contributed by atoms with Crippen molar-refractivity contribution in [2.75, 3.05) is 19.6 Å². The van der Waals surface area contributed by atoms with Crippen molar-refractivity contribution >= 4 is 5.91 Å². The summed E-state index contributed by atoms with van der Waals surface area (Å²) in [5.41, 5.74) is 1.22. The number of benzene rings is 1. The van der Waals surface area contributed by atoms with E-state index in [1.165, 1.54) is 0 Å². The molecule has 25 heavy (non-hydrogen) atoms. The van der Waals surface area contributed by atoms with Crippen LogP contribution in [0.25, 0.3) is 11.3 Å². The number of rotatable bonds is 3. The molecule has 1 aromatic carbocycles. The Kier molecular flexibility index (Phi) is 4.07. The number of carbonyl (C=O) groups is 1. The van der Waals surface area contributed by atoms with E-state index in [0.717, 1.165) is 17.9 Å². The zero-order chi connectivity index (χ0) is 17.2. The van der Waals surface area contributed by atoms with Crippen molar-refractivity contribution in [1.82, 2.24) is 24.9 Å². The van der Waals surface area contributed by atoms with Crippen LogP contribution in [0.15, 0.2) is 53.3 Å². The van der Waals surface area contributed by atoms with Gasteiger partial charge in [-0.3, -0.25) is 4.79 Å². The first-order valence-electron chi connectivity index (χ1n) is 8.25. The molecule has 4 rings (SSSR count). The Morgan fingerprint density at radius 2 is 2.16 bits per heavy atom. The number of imidazole rings is 1. The lowest BCUT2D eigenvalue weighted by Crippen LogP contribution is -2.49. The van der Waals surface area contributed by atoms with Gasteiger partial charge in [0.15, 0.2) is 11.5 Å². The van der Waals surface area contributed by atoms with Crippen LogP contribution in [0, 0.1) is 0 Å². The molecule has 0 saturated carbocycles. The number of nitrogens with one attached hydrogen (secondary N) is 1. The molecule has 0 bridgehead atoms. The summed E-state index contributed by atoms with van der Waals surface area (Å²) < 4.78 is 7.32. The van der Waals surface area contributed by atoms with E-state index in [0.29, 0.717) is 24.5 Å². The molecule has 1 saturated heterocycles. The summed E-state index contributed by atoms with van der Waals surface area (Å²) in [5, 5.41) is 7.32. The highest BCUT2D eigenvalue weighted by atomic mass is 16.5. The first-order chi connectivity index (χ1) is 12.2. The second kappa shape index (κ2) is 6.52. The number of piperazine rings is 1. The van der Waals surface area contributed by atoms with Crippen LogP contribution in [-0.2, 0) is 7.05 Å². The summed E-state index contributed by atoms with van der Waals surface area (Å²) >= 11 is 0. The van der Waals surface area contributed by atoms with Crippen molar-refractivity contribution in [1.29, 1.82) is 0 Å². The molecule has 0 radical (unpaired) electrons. The number of aromatic nitrogens is 3. The Morgan fingerprint density at radius 3 is 2.92 bits per heavy atom. The Labute approximate surface area is 145 Å². The SMILES string of the molecule is Cn1ccnc1C1CNCCN1C(=O)c1cc(-c2ccccc2)on1. The minimum Gasteiger partial charge on any atom is -0.355 e. The van der Waals surface area contributed by atoms with Crippen LogP contribution in [0.2, 0.25) is 0 Å². The number of amides is 1. The van der Waals surface area contributed by atoms with Gasteiger partial charge in [0, 0.05) is 50.7 Å². The van der Waals surface area contributed by atoms with Crippen LogP contribution in [0.3, 0.4) is 0 Å². The predicted octanol–water partition coefficient (Wildman–Crippen LogP) is 1.86. The van der Waals surface area contributed by atoms with Crippen LogP contribution < -0.4 is 5.32 Å². The van der Waals surface area contributed by atoms with Gasteiger partial charge in [-0.15, -0.1) is 0 Å². The fourth-order valence-electron chi connectivity index (χ4n) is 3.14. The molecule has 2 aromatic heterocycles. The molecule has 7 nitrogen and oxygen atoms in total. The van der Waals surface area contributed by atoms with Gasteiger partial charge in [0.2, 0.25) is 0 Å². The van der Waals surface area contributed by atoms with Crippen LogP contribution in [0.1, 0.15) is 22.4 Å². The first kappa shape index (κ1) is 15.6. The van der Waals surface area contributed by atoms with E-state index in [4.69, 9.17) is 4.52 Å². The lowest BCUT2D eigenvalue weighted by Gasteiger charge is -2.35. The Bertz CT molecular complexity index is 870. The second-order valence-electron chi connectivity index (χ2n) is 6.06. The quantitative estimate of drug-likeness (QED) is 0.789. The van der Waals surface area contributed by atoms with E-state index < -0.39 is 0 Å². The van der Waals surface area contributed by atoms with Gasteiger partial charge >= 0.3 is 0 Å². The van der Waals surface area contributed by atoms with Crippen molar-refractivity contribution in [3.05, 3.63) is 60.3 Å². The van der Waals surface area contributed by atoms with Gasteiger partial charge in [0.1, 0.15) is 11.9 Å². The standard InChI is InChI=1S/C18H19N5O2/c1-22-9-8-20-17(22)15-12-19-7-10-23(15)18(24)14-11-16(25-21-14)13-5-3-2-4-6-13/h2-6,8-9,11,15,19H,7,10,12H2,1H3. The summed E-state index contributed by atoms with van der Waals surface area (Å²) in [6.07, 6.45) is 3.63. The third-order valence-corrected chi connectivity index (χ3v) is 4.45. The molecule has 1 unspecified atom stereocenters. The Hall–Kier alpha value is -2.93. The third kappa shape index (κ3) is 2.94. The highest BCUT2D eigenvalue weighted by Gasteiger charge is 2.32. The summed E-state index contributed by atoms with van der Waals surface area (Å²) in [4.78, 5) is 19.2. The summed E-state index contributed by atoms with van der Waals surface area (Å²) in [6.45, 7) is 2.01. The molecule has 3 aromatic rings. The molecule has 1 atom stereocenters. The number of carbonyl (C=O) groups excluding carboxylic acids is 1. The largest absolute Gasteiger partial charge is 0.355 e. The molecule has 1 amide bonds. The summed E-state index contributed by atoms with van der Waals surface area (Å²) in [6, 6.07) is 11.2. The number of aryl methyl sites for hydroxylation is 1. The Morgan fingerprint density at radius 1 is 1.32 bits per heavy atom. The molecule has 0 spiro atoms. The zero-order valence-electron chi connectivity index (χ0n) is 13.9. The zero-order valence-corrected chi connectivity index (χ0v) is 13.9. The molecular weight excluding hydrogens is 318 g/mol. The van der Waals surface area contributed by atoms with Crippen LogP contribution >= 0.6 is 0 Å². The molecule has 1 aliphatic heterocycles. The number of nitrogens with zero attached hydrogens (tertiary/aromatic N) is 4. The minimum atomic E-state index is -0.138. The van der Waals surface area contributed by atoms with Gasteiger partial charge in [-0.1, -0.05) is 35.5 Å². The third-order valence-electron chi connectivity index (χ3n) is 4.45. The van der Waals surface area contributed by atoms with Crippen LogP contribution in [0.5, 0.6) is 0 Å². The van der Waals surface area contributed by atoms with Gasteiger partial charge < -0.3 is 19.3 Å². The number of hydrogen-bond donors (Lipinski definition) is 1. The average molecular weight is 337 g/mol. The topological polar surface area (TPSA) is 76.2 Å². The molecule has 1 N–H and O–H groups in total. The lowest BCUT2D eigenvalue weighted by atomic mass is 10.1. The molecule has 128 valence electrons. The predicted molar refractivity (Wildman–Crippen MR) is 91.8 cm³/mol. The van der Waals surface area contributed by atoms with E-state index >= 15 is 0 Å². The smallest absolute Gasteiger partial charge is 0.276 e. The maximum atomic E-state index is 13.0.